The molecule has 3 rings (SSSR count). The number of benzene rings is 3. The van der Waals surface area contributed by atoms with Gasteiger partial charge in [-0.15, -0.1) is 0 Å². The van der Waals surface area contributed by atoms with Crippen LogP contribution in [-0.4, -0.2) is 45.1 Å². The maximum Gasteiger partial charge on any atom is 0.407 e. The summed E-state index contributed by atoms with van der Waals surface area (Å²) in [5, 5.41) is 2.42. The van der Waals surface area contributed by atoms with Crippen LogP contribution in [0.4, 0.5) is 10.5 Å². The van der Waals surface area contributed by atoms with E-state index < -0.39 is 52.9 Å². The molecule has 0 heterocycles. The van der Waals surface area contributed by atoms with E-state index in [1.165, 1.54) is 12.1 Å². The molecule has 3 aromatic rings. The van der Waals surface area contributed by atoms with Crippen LogP contribution in [0, 0.1) is 6.92 Å². The minimum Gasteiger partial charge on any atom is -0.459 e. The monoisotopic (exact) mass is 610 g/mol. The van der Waals surface area contributed by atoms with E-state index in [0.29, 0.717) is 5.56 Å². The van der Waals surface area contributed by atoms with Gasteiger partial charge in [0.15, 0.2) is 0 Å². The Morgan fingerprint density at radius 3 is 2.26 bits per heavy atom. The third-order valence-corrected chi connectivity index (χ3v) is 7.39. The lowest BCUT2D eigenvalue weighted by molar-refractivity contribution is -0.153. The average molecular weight is 611 g/mol. The topological polar surface area (TPSA) is 128 Å². The molecule has 0 bridgehead atoms. The molecule has 1 unspecified atom stereocenters. The zero-order valence-corrected chi connectivity index (χ0v) is 25.8. The number of ether oxygens (including phenoxy) is 2. The van der Waals surface area contributed by atoms with E-state index in [2.05, 4.69) is 5.32 Å². The van der Waals surface area contributed by atoms with Crippen LogP contribution in [0.1, 0.15) is 56.9 Å². The van der Waals surface area contributed by atoms with Crippen LogP contribution in [-0.2, 0) is 40.0 Å². The second kappa shape index (κ2) is 14.8. The van der Waals surface area contributed by atoms with Crippen molar-refractivity contribution in [3.05, 3.63) is 95.6 Å². The van der Waals surface area contributed by atoms with Crippen LogP contribution >= 0.6 is 0 Å². The molecular weight excluding hydrogens is 572 g/mol. The van der Waals surface area contributed by atoms with Gasteiger partial charge in [-0.25, -0.2) is 4.79 Å². The standard InChI is InChI=1S/C32H38N2O8S/c1-6-28(42-43(38,39)25-16-12-13-23(2)19-25)26-17-10-11-18-27(26)34(21-30(36)41-32(3,4)5)29(35)20-33-31(37)40-22-24-14-8-7-9-15-24/h7-19,28H,6,20-22H2,1-5H3,(H,33,37). The van der Waals surface area contributed by atoms with E-state index in [-0.39, 0.29) is 23.6 Å². The first-order valence-corrected chi connectivity index (χ1v) is 15.3. The first kappa shape index (κ1) is 33.3. The van der Waals surface area contributed by atoms with Crippen LogP contribution in [0.25, 0.3) is 0 Å². The van der Waals surface area contributed by atoms with E-state index in [4.69, 9.17) is 13.7 Å². The van der Waals surface area contributed by atoms with Crippen molar-refractivity contribution in [2.45, 2.75) is 64.2 Å². The van der Waals surface area contributed by atoms with Crippen molar-refractivity contribution in [1.29, 1.82) is 0 Å². The number of aryl methyl sites for hydroxylation is 1. The maximum absolute atomic E-state index is 13.5. The molecule has 0 saturated heterocycles. The highest BCUT2D eigenvalue weighted by Gasteiger charge is 2.30. The van der Waals surface area contributed by atoms with Crippen molar-refractivity contribution in [2.75, 3.05) is 18.0 Å². The van der Waals surface area contributed by atoms with Gasteiger partial charge in [0.25, 0.3) is 10.1 Å². The molecule has 1 N–H and O–H groups in total. The number of anilines is 1. The second-order valence-electron chi connectivity index (χ2n) is 10.8. The van der Waals surface area contributed by atoms with Crippen LogP contribution in [0.2, 0.25) is 0 Å². The fourth-order valence-corrected chi connectivity index (χ4v) is 5.38. The molecule has 0 aliphatic rings. The molecule has 0 aliphatic heterocycles. The lowest BCUT2D eigenvalue weighted by atomic mass is 10.0. The summed E-state index contributed by atoms with van der Waals surface area (Å²) < 4.78 is 42.7. The third kappa shape index (κ3) is 10.2. The molecule has 3 aromatic carbocycles. The number of para-hydroxylation sites is 1. The highest BCUT2D eigenvalue weighted by Crippen LogP contribution is 2.34. The minimum atomic E-state index is -4.17. The quantitative estimate of drug-likeness (QED) is 0.212. The second-order valence-corrected chi connectivity index (χ2v) is 12.4. The fraction of sp³-hybridized carbons (Fsp3) is 0.344. The number of carbonyl (C=O) groups excluding carboxylic acids is 3. The Morgan fingerprint density at radius 2 is 1.60 bits per heavy atom. The highest BCUT2D eigenvalue weighted by atomic mass is 32.2. The Balaban J connectivity index is 1.86. The zero-order valence-electron chi connectivity index (χ0n) is 25.0. The zero-order chi connectivity index (χ0) is 31.6. The number of hydrogen-bond donors (Lipinski definition) is 1. The molecule has 0 radical (unpaired) electrons. The van der Waals surface area contributed by atoms with Crippen molar-refractivity contribution in [3.63, 3.8) is 0 Å². The van der Waals surface area contributed by atoms with Crippen molar-refractivity contribution < 1.29 is 36.5 Å². The average Bonchev–Trinajstić information content (AvgIpc) is 2.96. The fourth-order valence-electron chi connectivity index (χ4n) is 4.15. The summed E-state index contributed by atoms with van der Waals surface area (Å²) >= 11 is 0. The van der Waals surface area contributed by atoms with Crippen LogP contribution in [0.15, 0.2) is 83.8 Å². The summed E-state index contributed by atoms with van der Waals surface area (Å²) in [6, 6.07) is 21.9. The van der Waals surface area contributed by atoms with Gasteiger partial charge < -0.3 is 14.8 Å². The van der Waals surface area contributed by atoms with E-state index in [1.54, 1.807) is 83.1 Å². The van der Waals surface area contributed by atoms with Gasteiger partial charge in [0.1, 0.15) is 31.4 Å². The van der Waals surface area contributed by atoms with Gasteiger partial charge in [0.05, 0.1) is 10.6 Å². The maximum atomic E-state index is 13.5. The van der Waals surface area contributed by atoms with Gasteiger partial charge in [-0.2, -0.15) is 8.42 Å². The molecule has 43 heavy (non-hydrogen) atoms. The molecule has 2 amide bonds. The number of amides is 2. The van der Waals surface area contributed by atoms with Gasteiger partial charge in [0.2, 0.25) is 5.91 Å². The van der Waals surface area contributed by atoms with Gasteiger partial charge in [-0.3, -0.25) is 18.7 Å². The normalized spacial score (nSPS) is 12.2. The van der Waals surface area contributed by atoms with E-state index >= 15 is 0 Å². The van der Waals surface area contributed by atoms with Crippen molar-refractivity contribution in [2.24, 2.45) is 0 Å². The Bertz CT molecular complexity index is 1520. The number of nitrogens with one attached hydrogen (secondary N) is 1. The van der Waals surface area contributed by atoms with Crippen molar-refractivity contribution in [3.8, 4) is 0 Å². The smallest absolute Gasteiger partial charge is 0.407 e. The molecule has 0 fully saturated rings. The molecule has 0 aromatic heterocycles. The Labute approximate surface area is 253 Å². The summed E-state index contributed by atoms with van der Waals surface area (Å²) in [7, 11) is -4.17. The van der Waals surface area contributed by atoms with Gasteiger partial charge in [0, 0.05) is 5.56 Å². The molecule has 10 nitrogen and oxygen atoms in total. The number of alkyl carbamates (subject to hydrolysis) is 1. The predicted molar refractivity (Wildman–Crippen MR) is 162 cm³/mol. The van der Waals surface area contributed by atoms with Crippen LogP contribution < -0.4 is 10.2 Å². The van der Waals surface area contributed by atoms with E-state index in [1.807, 2.05) is 18.2 Å². The van der Waals surface area contributed by atoms with Gasteiger partial charge in [-0.1, -0.05) is 67.6 Å². The molecule has 0 aliphatic carbocycles. The summed E-state index contributed by atoms with van der Waals surface area (Å²) in [6.07, 6.45) is -1.57. The Hall–Kier alpha value is -4.22. The number of rotatable bonds is 12. The van der Waals surface area contributed by atoms with Crippen molar-refractivity contribution in [1.82, 2.24) is 5.32 Å². The summed E-state index contributed by atoms with van der Waals surface area (Å²) in [4.78, 5) is 39.9. The third-order valence-electron chi connectivity index (χ3n) is 6.07. The van der Waals surface area contributed by atoms with Crippen LogP contribution in [0.5, 0.6) is 0 Å². The Morgan fingerprint density at radius 1 is 0.930 bits per heavy atom. The molecule has 1 atom stereocenters. The first-order valence-electron chi connectivity index (χ1n) is 13.8. The van der Waals surface area contributed by atoms with E-state index in [0.717, 1.165) is 16.0 Å². The summed E-state index contributed by atoms with van der Waals surface area (Å²) in [5.41, 5.74) is 1.31. The summed E-state index contributed by atoms with van der Waals surface area (Å²) in [5.74, 6) is -1.34. The lowest BCUT2D eigenvalue weighted by Gasteiger charge is -2.29. The van der Waals surface area contributed by atoms with Gasteiger partial charge in [-0.05, 0) is 63.4 Å². The van der Waals surface area contributed by atoms with E-state index in [9.17, 15) is 22.8 Å². The number of hydrogen-bond acceptors (Lipinski definition) is 8. The predicted octanol–water partition coefficient (Wildman–Crippen LogP) is 5.45. The number of esters is 1. The highest BCUT2D eigenvalue weighted by molar-refractivity contribution is 7.86. The molecular formula is C32H38N2O8S. The molecule has 230 valence electrons. The number of nitrogens with zero attached hydrogens (tertiary/aromatic N) is 1. The van der Waals surface area contributed by atoms with Crippen LogP contribution in [0.3, 0.4) is 0 Å². The largest absolute Gasteiger partial charge is 0.459 e. The SMILES string of the molecule is CCC(OS(=O)(=O)c1cccc(C)c1)c1ccccc1N(CC(=O)OC(C)(C)C)C(=O)CNC(=O)OCc1ccccc1. The molecule has 11 heteroatoms. The Kier molecular flexibility index (Phi) is 11.4. The molecule has 0 saturated carbocycles. The summed E-state index contributed by atoms with van der Waals surface area (Å²) in [6.45, 7) is 7.65. The van der Waals surface area contributed by atoms with Gasteiger partial charge >= 0.3 is 12.1 Å². The molecule has 0 spiro atoms. The first-order chi connectivity index (χ1) is 20.3. The lowest BCUT2D eigenvalue weighted by Crippen LogP contribution is -2.44. The number of carbonyl (C=O) groups is 3. The van der Waals surface area contributed by atoms with Crippen molar-refractivity contribution >= 4 is 33.8 Å². The minimum absolute atomic E-state index is 0.00309.